The van der Waals surface area contributed by atoms with Gasteiger partial charge in [0.25, 0.3) is 5.69 Å². The second kappa shape index (κ2) is 8.60. The number of hydrogen-bond acceptors (Lipinski definition) is 5. The molecule has 0 saturated heterocycles. The van der Waals surface area contributed by atoms with Crippen molar-refractivity contribution in [2.24, 2.45) is 0 Å². The second-order valence-electron chi connectivity index (χ2n) is 4.52. The number of nitro groups is 1. The summed E-state index contributed by atoms with van der Waals surface area (Å²) in [5, 5.41) is 16.1. The molecule has 0 saturated carbocycles. The van der Waals surface area contributed by atoms with Crippen LogP contribution in [0.3, 0.4) is 0 Å². The van der Waals surface area contributed by atoms with Gasteiger partial charge in [-0.3, -0.25) is 19.7 Å². The van der Waals surface area contributed by atoms with Crippen LogP contribution in [0.2, 0.25) is 0 Å². The van der Waals surface area contributed by atoms with Gasteiger partial charge in [-0.05, 0) is 19.9 Å². The zero-order valence-corrected chi connectivity index (χ0v) is 12.7. The van der Waals surface area contributed by atoms with Gasteiger partial charge in [-0.25, -0.2) is 0 Å². The maximum absolute atomic E-state index is 12.1. The van der Waals surface area contributed by atoms with E-state index in [1.54, 1.807) is 19.9 Å². The Hall–Kier alpha value is -2.64. The summed E-state index contributed by atoms with van der Waals surface area (Å²) in [6, 6.07) is 5.91. The third kappa shape index (κ3) is 5.39. The van der Waals surface area contributed by atoms with Gasteiger partial charge in [-0.2, -0.15) is 0 Å². The van der Waals surface area contributed by atoms with Gasteiger partial charge in [0.15, 0.2) is 0 Å². The van der Waals surface area contributed by atoms with E-state index in [1.807, 2.05) is 0 Å². The van der Waals surface area contributed by atoms with E-state index in [2.05, 4.69) is 10.6 Å². The van der Waals surface area contributed by atoms with Crippen molar-refractivity contribution in [3.05, 3.63) is 34.4 Å². The average molecular weight is 308 g/mol. The maximum atomic E-state index is 12.1. The lowest BCUT2D eigenvalue weighted by molar-refractivity contribution is -0.384. The SMILES string of the molecule is CCNC(=O)CN(CC)C(=O)CNc1cccc([N+](=O)[O-])c1. The topological polar surface area (TPSA) is 105 Å². The molecule has 0 aliphatic rings. The normalized spacial score (nSPS) is 9.91. The summed E-state index contributed by atoms with van der Waals surface area (Å²) in [5.41, 5.74) is 0.434. The summed E-state index contributed by atoms with van der Waals surface area (Å²) in [7, 11) is 0. The molecular weight excluding hydrogens is 288 g/mol. The first kappa shape index (κ1) is 17.4. The predicted octanol–water partition coefficient (Wildman–Crippen LogP) is 0.991. The van der Waals surface area contributed by atoms with Gasteiger partial charge in [-0.1, -0.05) is 6.07 Å². The molecule has 0 bridgehead atoms. The van der Waals surface area contributed by atoms with Crippen molar-refractivity contribution in [1.82, 2.24) is 10.2 Å². The van der Waals surface area contributed by atoms with E-state index in [-0.39, 0.29) is 30.6 Å². The minimum absolute atomic E-state index is 0.000208. The number of benzene rings is 1. The average Bonchev–Trinajstić information content (AvgIpc) is 2.50. The monoisotopic (exact) mass is 308 g/mol. The van der Waals surface area contributed by atoms with E-state index < -0.39 is 4.92 Å². The minimum atomic E-state index is -0.500. The molecule has 0 atom stereocenters. The van der Waals surface area contributed by atoms with Gasteiger partial charge in [0.1, 0.15) is 0 Å². The summed E-state index contributed by atoms with van der Waals surface area (Å²) < 4.78 is 0. The van der Waals surface area contributed by atoms with Crippen LogP contribution in [0.1, 0.15) is 13.8 Å². The van der Waals surface area contributed by atoms with Crippen LogP contribution < -0.4 is 10.6 Å². The van der Waals surface area contributed by atoms with Crippen LogP contribution in [0.5, 0.6) is 0 Å². The quantitative estimate of drug-likeness (QED) is 0.550. The van der Waals surface area contributed by atoms with Crippen LogP contribution >= 0.6 is 0 Å². The zero-order chi connectivity index (χ0) is 16.5. The largest absolute Gasteiger partial charge is 0.376 e. The molecule has 8 nitrogen and oxygen atoms in total. The first-order valence-corrected chi connectivity index (χ1v) is 7.00. The third-order valence-corrected chi connectivity index (χ3v) is 2.94. The smallest absolute Gasteiger partial charge is 0.271 e. The molecule has 0 aliphatic carbocycles. The molecule has 0 unspecified atom stereocenters. The van der Waals surface area contributed by atoms with Gasteiger partial charge in [0, 0.05) is 30.9 Å². The number of nitro benzene ring substituents is 1. The summed E-state index contributed by atoms with van der Waals surface area (Å²) in [4.78, 5) is 35.2. The number of carbonyl (C=O) groups excluding carboxylic acids is 2. The lowest BCUT2D eigenvalue weighted by Gasteiger charge is -2.20. The number of non-ortho nitro benzene ring substituents is 1. The van der Waals surface area contributed by atoms with Crippen molar-refractivity contribution in [3.63, 3.8) is 0 Å². The highest BCUT2D eigenvalue weighted by molar-refractivity contribution is 5.86. The van der Waals surface area contributed by atoms with Crippen molar-refractivity contribution < 1.29 is 14.5 Å². The maximum Gasteiger partial charge on any atom is 0.271 e. The van der Waals surface area contributed by atoms with Gasteiger partial charge >= 0.3 is 0 Å². The summed E-state index contributed by atoms with van der Waals surface area (Å²) >= 11 is 0. The van der Waals surface area contributed by atoms with Crippen molar-refractivity contribution in [1.29, 1.82) is 0 Å². The fourth-order valence-electron chi connectivity index (χ4n) is 1.82. The second-order valence-corrected chi connectivity index (χ2v) is 4.52. The van der Waals surface area contributed by atoms with E-state index >= 15 is 0 Å². The zero-order valence-electron chi connectivity index (χ0n) is 12.7. The molecular formula is C14H20N4O4. The number of nitrogens with one attached hydrogen (secondary N) is 2. The lowest BCUT2D eigenvalue weighted by Crippen LogP contribution is -2.42. The Balaban J connectivity index is 2.58. The molecule has 0 spiro atoms. The molecule has 0 aromatic heterocycles. The number of hydrogen-bond donors (Lipinski definition) is 2. The molecule has 120 valence electrons. The number of rotatable bonds is 8. The highest BCUT2D eigenvalue weighted by Gasteiger charge is 2.15. The molecule has 2 N–H and O–H groups in total. The molecule has 0 fully saturated rings. The Morgan fingerprint density at radius 1 is 1.32 bits per heavy atom. The third-order valence-electron chi connectivity index (χ3n) is 2.94. The number of carbonyl (C=O) groups is 2. The van der Waals surface area contributed by atoms with Gasteiger partial charge < -0.3 is 15.5 Å². The van der Waals surface area contributed by atoms with E-state index in [1.165, 1.54) is 23.1 Å². The Labute approximate surface area is 128 Å². The van der Waals surface area contributed by atoms with Crippen LogP contribution in [0.15, 0.2) is 24.3 Å². The fourth-order valence-corrected chi connectivity index (χ4v) is 1.82. The van der Waals surface area contributed by atoms with Crippen molar-refractivity contribution in [3.8, 4) is 0 Å². The van der Waals surface area contributed by atoms with Gasteiger partial charge in [0.2, 0.25) is 11.8 Å². The summed E-state index contributed by atoms with van der Waals surface area (Å²) in [6.45, 7) is 4.47. The van der Waals surface area contributed by atoms with Gasteiger partial charge in [0.05, 0.1) is 18.0 Å². The van der Waals surface area contributed by atoms with Crippen molar-refractivity contribution in [2.75, 3.05) is 31.5 Å². The lowest BCUT2D eigenvalue weighted by atomic mass is 10.3. The molecule has 8 heteroatoms. The Kier molecular flexibility index (Phi) is 6.81. The van der Waals surface area contributed by atoms with E-state index in [4.69, 9.17) is 0 Å². The predicted molar refractivity (Wildman–Crippen MR) is 82.5 cm³/mol. The Morgan fingerprint density at radius 2 is 2.05 bits per heavy atom. The molecule has 1 aromatic rings. The summed E-state index contributed by atoms with van der Waals surface area (Å²) in [6.07, 6.45) is 0. The molecule has 0 aliphatic heterocycles. The van der Waals surface area contributed by atoms with Crippen LogP contribution in [-0.2, 0) is 9.59 Å². The van der Waals surface area contributed by atoms with Crippen molar-refractivity contribution in [2.45, 2.75) is 13.8 Å². The van der Waals surface area contributed by atoms with Gasteiger partial charge in [-0.15, -0.1) is 0 Å². The Morgan fingerprint density at radius 3 is 2.64 bits per heavy atom. The molecule has 22 heavy (non-hydrogen) atoms. The molecule has 1 rings (SSSR count). The number of amides is 2. The fraction of sp³-hybridized carbons (Fsp3) is 0.429. The number of nitrogens with zero attached hydrogens (tertiary/aromatic N) is 2. The van der Waals surface area contributed by atoms with E-state index in [9.17, 15) is 19.7 Å². The van der Waals surface area contributed by atoms with Crippen LogP contribution in [0, 0.1) is 10.1 Å². The highest BCUT2D eigenvalue weighted by Crippen LogP contribution is 2.16. The molecule has 0 radical (unpaired) electrons. The number of anilines is 1. The Bertz CT molecular complexity index is 547. The van der Waals surface area contributed by atoms with E-state index in [0.29, 0.717) is 18.8 Å². The molecule has 1 aromatic carbocycles. The number of likely N-dealkylation sites (N-methyl/N-ethyl adjacent to an activating group) is 2. The van der Waals surface area contributed by atoms with Crippen LogP contribution in [0.4, 0.5) is 11.4 Å². The molecule has 0 heterocycles. The summed E-state index contributed by atoms with van der Waals surface area (Å²) in [5.74, 6) is -0.465. The van der Waals surface area contributed by atoms with Crippen LogP contribution in [0.25, 0.3) is 0 Å². The minimum Gasteiger partial charge on any atom is -0.376 e. The standard InChI is InChI=1S/C14H20N4O4/c1-3-15-13(19)10-17(4-2)14(20)9-16-11-6-5-7-12(8-11)18(21)22/h5-8,16H,3-4,9-10H2,1-2H3,(H,15,19). The van der Waals surface area contributed by atoms with Crippen molar-refractivity contribution >= 4 is 23.2 Å². The van der Waals surface area contributed by atoms with E-state index in [0.717, 1.165) is 0 Å². The first-order valence-electron chi connectivity index (χ1n) is 7.00. The molecule has 2 amide bonds. The highest BCUT2D eigenvalue weighted by atomic mass is 16.6. The first-order chi connectivity index (χ1) is 10.5. The van der Waals surface area contributed by atoms with Crippen LogP contribution in [-0.4, -0.2) is 47.8 Å².